The number of benzene rings is 3. The Balaban J connectivity index is 0.000000136. The Labute approximate surface area is 726 Å². The van der Waals surface area contributed by atoms with Crippen LogP contribution in [0.5, 0.6) is 17.2 Å². The van der Waals surface area contributed by atoms with Gasteiger partial charge in [-0.25, -0.2) is 41.3 Å². The number of aromatic amines is 1. The molecule has 3 amide bonds. The highest BCUT2D eigenvalue weighted by Gasteiger charge is 2.40. The van der Waals surface area contributed by atoms with Crippen LogP contribution in [0, 0.1) is 38.2 Å². The number of carbonyl (C=O) groups is 3. The number of likely N-dealkylation sites (N-methyl/N-ethyl adjacent to an activating group) is 1. The Hall–Kier alpha value is -11.7. The summed E-state index contributed by atoms with van der Waals surface area (Å²) in [6.45, 7) is 12.0. The molecule has 0 saturated carbocycles. The van der Waals surface area contributed by atoms with Crippen molar-refractivity contribution in [3.8, 4) is 32.3 Å². The molecule has 0 spiro atoms. The van der Waals surface area contributed by atoms with E-state index in [-0.39, 0.29) is 61.0 Å². The highest BCUT2D eigenvalue weighted by Crippen LogP contribution is 2.40. The van der Waals surface area contributed by atoms with Crippen LogP contribution >= 0.6 is 34.0 Å². The molecule has 6 fully saturated rings. The Morgan fingerprint density at radius 3 is 1.19 bits per heavy atom. The van der Waals surface area contributed by atoms with E-state index in [2.05, 4.69) is 46.2 Å². The van der Waals surface area contributed by atoms with Gasteiger partial charge in [0.05, 0.1) is 113 Å². The van der Waals surface area contributed by atoms with Crippen LogP contribution in [0.2, 0.25) is 0 Å². The zero-order chi connectivity index (χ0) is 88.7. The summed E-state index contributed by atoms with van der Waals surface area (Å²) in [5.74, 6) is -0.963. The average molecular weight is 1800 g/mol. The monoisotopic (exact) mass is 1800 g/mol. The summed E-state index contributed by atoms with van der Waals surface area (Å²) in [6, 6.07) is 9.89. The van der Waals surface area contributed by atoms with E-state index in [9.17, 15) is 61.4 Å². The molecule has 6 aliphatic heterocycles. The summed E-state index contributed by atoms with van der Waals surface area (Å²) in [6.07, 6.45) is 11.7. The number of aromatic nitrogens is 15. The number of aliphatic hydroxyl groups is 1. The first kappa shape index (κ1) is 89.2. The number of likely N-dealkylation sites (tertiary alicyclic amines) is 1. The van der Waals surface area contributed by atoms with Crippen molar-refractivity contribution >= 4 is 82.4 Å². The SMILES string of the molecule is CCN1CC[C@H](n2c(=O)c3c(C)c(-n4nccn4)sc3n(C[C@H](OC3CCOCC3)c3cc(F)ccc3OC)c2=O)C1=O.COc1ccc(F)cc1[C@H](CO)OC1CCOCC1.COc1ccc(F)cc1[C@H](Cn1c(=O)n([C@H]2CCNC2=O)c(=O)c2c(C)c(-n3nccn3)sc21)OC1CCOCC1.Cc1c(-n2nccn2)sc2[nH]c(=O)n([C@H]3CCNC3=O)c(=O)c12. The van der Waals surface area contributed by atoms with Crippen LogP contribution in [0.25, 0.3) is 45.7 Å². The molecule has 0 radical (unpaired) electrons. The molecular formula is C83H93F3N18O19S3. The lowest BCUT2D eigenvalue weighted by Gasteiger charge is -2.29. The molecule has 3 aromatic carbocycles. The van der Waals surface area contributed by atoms with Gasteiger partial charge in [0.1, 0.15) is 101 Å². The number of hydrogen-bond acceptors (Lipinski definition) is 28. The number of rotatable bonds is 24. The number of nitrogens with one attached hydrogen (secondary N) is 3. The molecular weight excluding hydrogens is 1710 g/mol. The summed E-state index contributed by atoms with van der Waals surface area (Å²) in [4.78, 5) is 129. The average Bonchev–Trinajstić information content (AvgIpc) is 1.58. The third-order valence-corrected chi connectivity index (χ3v) is 26.6. The van der Waals surface area contributed by atoms with Crippen LogP contribution in [0.1, 0.15) is 135 Å². The van der Waals surface area contributed by atoms with E-state index in [4.69, 9.17) is 42.6 Å². The van der Waals surface area contributed by atoms with Crippen LogP contribution < -0.4 is 58.6 Å². The fourth-order valence-electron chi connectivity index (χ4n) is 16.5. The zero-order valence-electron chi connectivity index (χ0n) is 69.8. The molecule has 18 rings (SSSR count). The number of aliphatic hydroxyl groups excluding tert-OH is 1. The lowest BCUT2D eigenvalue weighted by molar-refractivity contribution is -0.130. The Morgan fingerprint density at radius 2 is 0.825 bits per heavy atom. The van der Waals surface area contributed by atoms with Gasteiger partial charge in [0.2, 0.25) is 17.7 Å². The van der Waals surface area contributed by atoms with Crippen LogP contribution in [0.15, 0.2) is 121 Å². The van der Waals surface area contributed by atoms with Gasteiger partial charge in [-0.05, 0) is 140 Å². The standard InChI is InChI=1S/C29H33FN6O6S.C27H29FN6O6S.C14H19FO4.C13H12N6O3S/c1-4-33-12-7-21(25(33)37)35-26(38)24-17(2)27(36-31-10-11-32-36)43-28(24)34(29(35)39)16-23(42-19-8-13-41-14-9-19)20-15-18(30)5-6-22(20)40-3;1-15-22-24(36)33(19-5-8-29-23(19)35)27(37)32(26(22)41-25(15)34-30-9-10-31-34)14-21(40-17-6-11-39-12-7-17)18-13-16(28)3-4-20(18)38-2;1-17-13-3-2-10(15)8-12(13)14(9-16)19-11-4-6-18-7-5-11;1-6-8-10(23-12(6)19-15-4-5-16-19)17-13(22)18(11(8)21)7-2-3-14-9(7)20/h5-6,10-11,15,19,21,23H,4,7-9,12-14,16H2,1-3H3;3-4,9-10,13,17,19,21H,5-8,11-12,14H2,1-2H3,(H,29,35);2-3,8,11,14,16H,4-7,9H2,1H3;4-5,7H,2-3H2,1H3,(H,14,20)(H,17,22)/t21-,23-;19-,21-;14-;7-/m0000/s1. The van der Waals surface area contributed by atoms with E-state index < -0.39 is 87.7 Å². The van der Waals surface area contributed by atoms with Gasteiger partial charge in [-0.2, -0.15) is 30.6 Å². The Morgan fingerprint density at radius 1 is 0.468 bits per heavy atom. The first-order valence-electron chi connectivity index (χ1n) is 41.1. The van der Waals surface area contributed by atoms with E-state index in [0.717, 1.165) is 26.5 Å². The van der Waals surface area contributed by atoms with Gasteiger partial charge in [0, 0.05) is 99.2 Å². The van der Waals surface area contributed by atoms with Gasteiger partial charge in [-0.15, -0.1) is 14.4 Å². The summed E-state index contributed by atoms with van der Waals surface area (Å²) in [5.41, 5.74) is -0.169. The van der Waals surface area contributed by atoms with Crippen molar-refractivity contribution in [1.29, 1.82) is 0 Å². The summed E-state index contributed by atoms with van der Waals surface area (Å²) >= 11 is 3.62. The first-order valence-corrected chi connectivity index (χ1v) is 43.6. The number of thiophene rings is 3. The second kappa shape index (κ2) is 39.5. The molecule has 0 bridgehead atoms. The summed E-state index contributed by atoms with van der Waals surface area (Å²) in [7, 11) is 4.49. The molecule has 126 heavy (non-hydrogen) atoms. The highest BCUT2D eigenvalue weighted by atomic mass is 32.1. The van der Waals surface area contributed by atoms with Crippen molar-refractivity contribution in [3.63, 3.8) is 0 Å². The highest BCUT2D eigenvalue weighted by molar-refractivity contribution is 7.22. The smallest absolute Gasteiger partial charge is 0.332 e. The van der Waals surface area contributed by atoms with Crippen LogP contribution in [0.3, 0.4) is 0 Å². The van der Waals surface area contributed by atoms with E-state index in [1.807, 2.05) is 6.92 Å². The minimum Gasteiger partial charge on any atom is -0.496 e. The number of aryl methyl sites for hydroxylation is 3. The maximum absolute atomic E-state index is 14.6. The van der Waals surface area contributed by atoms with E-state index in [1.165, 1.54) is 165 Å². The van der Waals surface area contributed by atoms with Gasteiger partial charge in [-0.3, -0.25) is 42.9 Å². The van der Waals surface area contributed by atoms with Crippen molar-refractivity contribution in [1.82, 2.24) is 88.3 Å². The van der Waals surface area contributed by atoms with Crippen molar-refractivity contribution < 1.29 is 75.3 Å². The molecule has 4 N–H and O–H groups in total. The minimum atomic E-state index is -0.949. The maximum atomic E-state index is 14.6. The number of halogens is 3. The predicted molar refractivity (Wildman–Crippen MR) is 455 cm³/mol. The second-order valence-electron chi connectivity index (χ2n) is 30.4. The second-order valence-corrected chi connectivity index (χ2v) is 33.4. The van der Waals surface area contributed by atoms with Crippen LogP contribution in [-0.4, -0.2) is 213 Å². The van der Waals surface area contributed by atoms with Crippen molar-refractivity contribution in [2.75, 3.05) is 93.8 Å². The number of carbonyl (C=O) groups excluding carboxylic acids is 3. The lowest BCUT2D eigenvalue weighted by Crippen LogP contribution is -2.45. The number of hydrogen-bond donors (Lipinski definition) is 4. The van der Waals surface area contributed by atoms with Crippen molar-refractivity contribution in [3.05, 3.63) is 205 Å². The third-order valence-electron chi connectivity index (χ3n) is 22.9. The molecule has 37 nitrogen and oxygen atoms in total. The predicted octanol–water partition coefficient (Wildman–Crippen LogP) is 7.02. The van der Waals surface area contributed by atoms with E-state index in [1.54, 1.807) is 31.7 Å². The fourth-order valence-corrected chi connectivity index (χ4v) is 20.1. The number of H-pyrrole nitrogens is 1. The normalized spacial score (nSPS) is 18.4. The van der Waals surface area contributed by atoms with Crippen molar-refractivity contribution in [2.45, 2.75) is 153 Å². The minimum absolute atomic E-state index is 0.0267. The number of nitrogens with zero attached hydrogens (tertiary/aromatic N) is 15. The molecule has 9 aromatic heterocycles. The molecule has 668 valence electrons. The molecule has 12 aromatic rings. The number of amides is 3. The summed E-state index contributed by atoms with van der Waals surface area (Å²) < 4.78 is 100. The van der Waals surface area contributed by atoms with E-state index in [0.29, 0.717) is 202 Å². The molecule has 6 aliphatic rings. The largest absolute Gasteiger partial charge is 0.496 e. The number of ether oxygens (including phenoxy) is 9. The third kappa shape index (κ3) is 18.4. The Bertz CT molecular complexity index is 6330. The first-order chi connectivity index (χ1) is 61.0. The molecule has 0 unspecified atom stereocenters. The van der Waals surface area contributed by atoms with Gasteiger partial charge in [-0.1, -0.05) is 34.0 Å². The van der Waals surface area contributed by atoms with Gasteiger partial charge >= 0.3 is 17.1 Å². The molecule has 0 aliphatic carbocycles. The van der Waals surface area contributed by atoms with Gasteiger partial charge in [0.25, 0.3) is 16.7 Å². The number of fused-ring (bicyclic) bond motifs is 3. The quantitative estimate of drug-likeness (QED) is 0.0472. The lowest BCUT2D eigenvalue weighted by atomic mass is 10.1. The maximum Gasteiger partial charge on any atom is 0.332 e. The topological polar surface area (TPSA) is 417 Å². The molecule has 15 heterocycles. The summed E-state index contributed by atoms with van der Waals surface area (Å²) in [5, 5.41) is 42.6. The molecule has 43 heteroatoms. The van der Waals surface area contributed by atoms with Gasteiger partial charge in [0.15, 0.2) is 0 Å². The fraction of sp³-hybridized carbons (Fsp3) is 0.458. The number of methoxy groups -OCH3 is 3. The van der Waals surface area contributed by atoms with Crippen LogP contribution in [0.4, 0.5) is 13.2 Å². The molecule has 6 atom stereocenters. The van der Waals surface area contributed by atoms with Crippen LogP contribution in [-0.2, 0) is 55.9 Å². The zero-order valence-corrected chi connectivity index (χ0v) is 72.2. The van der Waals surface area contributed by atoms with E-state index >= 15 is 0 Å². The van der Waals surface area contributed by atoms with Crippen molar-refractivity contribution in [2.24, 2.45) is 0 Å². The Kier molecular flexibility index (Phi) is 27.9. The van der Waals surface area contributed by atoms with Gasteiger partial charge < -0.3 is 63.3 Å². The molecule has 6 saturated heterocycles.